The van der Waals surface area contributed by atoms with Gasteiger partial charge < -0.3 is 10.1 Å². The van der Waals surface area contributed by atoms with Crippen LogP contribution in [0, 0.1) is 0 Å². The van der Waals surface area contributed by atoms with Crippen LogP contribution in [0.25, 0.3) is 10.3 Å². The molecule has 0 spiro atoms. The van der Waals surface area contributed by atoms with Crippen LogP contribution < -0.4 is 5.32 Å². The molecule has 2 aromatic heterocycles. The van der Waals surface area contributed by atoms with Crippen molar-refractivity contribution >= 4 is 21.7 Å². The second-order valence-corrected chi connectivity index (χ2v) is 4.93. The Morgan fingerprint density at radius 1 is 1.50 bits per heavy atom. The normalized spacial score (nSPS) is 25.3. The molecule has 0 aromatic carbocycles. The highest BCUT2D eigenvalue weighted by Crippen LogP contribution is 2.31. The van der Waals surface area contributed by atoms with Crippen LogP contribution >= 0.6 is 11.3 Å². The van der Waals surface area contributed by atoms with E-state index < -0.39 is 0 Å². The average molecular weight is 235 g/mol. The van der Waals surface area contributed by atoms with E-state index in [9.17, 15) is 0 Å². The van der Waals surface area contributed by atoms with Gasteiger partial charge in [-0.1, -0.05) is 11.3 Å². The Kier molecular flexibility index (Phi) is 2.59. The fourth-order valence-electron chi connectivity index (χ4n) is 2.03. The van der Waals surface area contributed by atoms with Gasteiger partial charge >= 0.3 is 0 Å². The number of aromatic nitrogens is 2. The molecule has 3 rings (SSSR count). The number of nitrogens with zero attached hydrogens (tertiary/aromatic N) is 2. The Morgan fingerprint density at radius 2 is 2.44 bits per heavy atom. The zero-order valence-corrected chi connectivity index (χ0v) is 9.83. The third kappa shape index (κ3) is 1.61. The quantitative estimate of drug-likeness (QED) is 0.854. The number of thiazole rings is 1. The van der Waals surface area contributed by atoms with Gasteiger partial charge in [0.2, 0.25) is 0 Å². The fraction of sp³-hybridized carbons (Fsp3) is 0.455. The maximum absolute atomic E-state index is 5.49. The van der Waals surface area contributed by atoms with Crippen LogP contribution in [0.3, 0.4) is 0 Å². The Labute approximate surface area is 97.7 Å². The molecule has 1 aliphatic heterocycles. The van der Waals surface area contributed by atoms with Crippen molar-refractivity contribution in [3.63, 3.8) is 0 Å². The molecule has 2 atom stereocenters. The SMILES string of the molecule is CNC1COCC1c1nc2cccnc2s1. The van der Waals surface area contributed by atoms with Gasteiger partial charge in [-0.15, -0.1) is 0 Å². The van der Waals surface area contributed by atoms with Crippen LogP contribution in [0.4, 0.5) is 0 Å². The Morgan fingerprint density at radius 3 is 3.25 bits per heavy atom. The second-order valence-electron chi connectivity index (χ2n) is 3.92. The molecule has 16 heavy (non-hydrogen) atoms. The second kappa shape index (κ2) is 4.08. The molecule has 5 heteroatoms. The lowest BCUT2D eigenvalue weighted by molar-refractivity contribution is 0.188. The summed E-state index contributed by atoms with van der Waals surface area (Å²) >= 11 is 1.67. The van der Waals surface area contributed by atoms with Crippen molar-refractivity contribution < 1.29 is 4.74 Å². The molecule has 1 aliphatic rings. The Balaban J connectivity index is 1.99. The number of hydrogen-bond acceptors (Lipinski definition) is 5. The molecule has 0 amide bonds. The number of pyridine rings is 1. The van der Waals surface area contributed by atoms with E-state index in [2.05, 4.69) is 15.3 Å². The monoisotopic (exact) mass is 235 g/mol. The maximum Gasteiger partial charge on any atom is 0.143 e. The number of ether oxygens (including phenoxy) is 1. The first-order valence-electron chi connectivity index (χ1n) is 5.35. The standard InChI is InChI=1S/C11H13N3OS/c1-12-9-6-15-5-7(9)10-14-8-3-2-4-13-11(8)16-10/h2-4,7,9,12H,5-6H2,1H3. The first-order chi connectivity index (χ1) is 7.88. The summed E-state index contributed by atoms with van der Waals surface area (Å²) in [5.74, 6) is 0.365. The highest BCUT2D eigenvalue weighted by molar-refractivity contribution is 7.18. The van der Waals surface area contributed by atoms with Crippen LogP contribution in [0.2, 0.25) is 0 Å². The van der Waals surface area contributed by atoms with Gasteiger partial charge in [0, 0.05) is 12.2 Å². The number of likely N-dealkylation sites (N-methyl/N-ethyl adjacent to an activating group) is 1. The van der Waals surface area contributed by atoms with E-state index in [0.29, 0.717) is 12.0 Å². The summed E-state index contributed by atoms with van der Waals surface area (Å²) in [6.45, 7) is 1.52. The molecule has 84 valence electrons. The summed E-state index contributed by atoms with van der Waals surface area (Å²) in [4.78, 5) is 9.96. The summed E-state index contributed by atoms with van der Waals surface area (Å²) in [5.41, 5.74) is 0.990. The van der Waals surface area contributed by atoms with E-state index in [1.807, 2.05) is 25.4 Å². The number of rotatable bonds is 2. The predicted molar refractivity (Wildman–Crippen MR) is 63.8 cm³/mol. The van der Waals surface area contributed by atoms with E-state index in [1.54, 1.807) is 11.3 Å². The minimum atomic E-state index is 0.365. The lowest BCUT2D eigenvalue weighted by Crippen LogP contribution is -2.30. The Hall–Kier alpha value is -1.04. The van der Waals surface area contributed by atoms with Gasteiger partial charge in [-0.3, -0.25) is 0 Å². The lowest BCUT2D eigenvalue weighted by Gasteiger charge is -2.13. The molecular weight excluding hydrogens is 222 g/mol. The van der Waals surface area contributed by atoms with Gasteiger partial charge in [0.1, 0.15) is 15.4 Å². The summed E-state index contributed by atoms with van der Waals surface area (Å²) < 4.78 is 5.49. The van der Waals surface area contributed by atoms with Gasteiger partial charge in [0.25, 0.3) is 0 Å². The molecule has 0 saturated carbocycles. The van der Waals surface area contributed by atoms with Gasteiger partial charge in [0.05, 0.1) is 19.1 Å². The maximum atomic E-state index is 5.49. The highest BCUT2D eigenvalue weighted by atomic mass is 32.1. The molecule has 0 radical (unpaired) electrons. The third-order valence-corrected chi connectivity index (χ3v) is 4.06. The molecule has 4 nitrogen and oxygen atoms in total. The molecule has 1 fully saturated rings. The molecule has 3 heterocycles. The van der Waals surface area contributed by atoms with E-state index in [1.165, 1.54) is 0 Å². The summed E-state index contributed by atoms with van der Waals surface area (Å²) in [7, 11) is 1.97. The smallest absolute Gasteiger partial charge is 0.143 e. The molecule has 1 saturated heterocycles. The lowest BCUT2D eigenvalue weighted by atomic mass is 10.1. The highest BCUT2D eigenvalue weighted by Gasteiger charge is 2.30. The topological polar surface area (TPSA) is 47.0 Å². The van der Waals surface area contributed by atoms with Crippen molar-refractivity contribution in [2.45, 2.75) is 12.0 Å². The van der Waals surface area contributed by atoms with Crippen molar-refractivity contribution in [1.29, 1.82) is 0 Å². The molecule has 2 unspecified atom stereocenters. The number of nitrogens with one attached hydrogen (secondary N) is 1. The van der Waals surface area contributed by atoms with Crippen LogP contribution in [0.1, 0.15) is 10.9 Å². The fourth-order valence-corrected chi connectivity index (χ4v) is 3.09. The summed E-state index contributed by atoms with van der Waals surface area (Å²) in [5, 5.41) is 4.41. The first-order valence-corrected chi connectivity index (χ1v) is 6.16. The van der Waals surface area contributed by atoms with Crippen molar-refractivity contribution in [2.75, 3.05) is 20.3 Å². The van der Waals surface area contributed by atoms with Gasteiger partial charge in [0.15, 0.2) is 0 Å². The summed E-state index contributed by atoms with van der Waals surface area (Å²) in [6.07, 6.45) is 1.81. The third-order valence-electron chi connectivity index (χ3n) is 2.95. The van der Waals surface area contributed by atoms with Crippen molar-refractivity contribution in [3.05, 3.63) is 23.3 Å². The largest absolute Gasteiger partial charge is 0.379 e. The van der Waals surface area contributed by atoms with Crippen molar-refractivity contribution in [2.24, 2.45) is 0 Å². The number of hydrogen-bond donors (Lipinski definition) is 1. The zero-order valence-electron chi connectivity index (χ0n) is 9.01. The van der Waals surface area contributed by atoms with Gasteiger partial charge in [-0.25, -0.2) is 9.97 Å². The van der Waals surface area contributed by atoms with E-state index in [0.717, 1.165) is 28.6 Å². The van der Waals surface area contributed by atoms with Crippen LogP contribution in [-0.2, 0) is 4.74 Å². The van der Waals surface area contributed by atoms with Crippen molar-refractivity contribution in [3.8, 4) is 0 Å². The average Bonchev–Trinajstić information content (AvgIpc) is 2.94. The van der Waals surface area contributed by atoms with Crippen molar-refractivity contribution in [1.82, 2.24) is 15.3 Å². The van der Waals surface area contributed by atoms with E-state index in [4.69, 9.17) is 4.74 Å². The van der Waals surface area contributed by atoms with Gasteiger partial charge in [-0.2, -0.15) is 0 Å². The predicted octanol–water partition coefficient (Wildman–Crippen LogP) is 1.39. The minimum absolute atomic E-state index is 0.365. The Bertz CT molecular complexity index is 466. The number of fused-ring (bicyclic) bond motifs is 1. The molecule has 0 aliphatic carbocycles. The van der Waals surface area contributed by atoms with Crippen LogP contribution in [0.15, 0.2) is 18.3 Å². The molecule has 1 N–H and O–H groups in total. The van der Waals surface area contributed by atoms with Crippen LogP contribution in [-0.4, -0.2) is 36.3 Å². The minimum Gasteiger partial charge on any atom is -0.379 e. The van der Waals surface area contributed by atoms with E-state index >= 15 is 0 Å². The van der Waals surface area contributed by atoms with Gasteiger partial charge in [-0.05, 0) is 19.2 Å². The van der Waals surface area contributed by atoms with E-state index in [-0.39, 0.29) is 0 Å². The first kappa shape index (κ1) is 10.1. The summed E-state index contributed by atoms with van der Waals surface area (Å²) in [6, 6.07) is 4.31. The van der Waals surface area contributed by atoms with Crippen LogP contribution in [0.5, 0.6) is 0 Å². The molecule has 0 bridgehead atoms. The zero-order chi connectivity index (χ0) is 11.0. The molecule has 2 aromatic rings. The molecular formula is C11H13N3OS.